The number of carbonyl (C=O) groups is 2. The summed E-state index contributed by atoms with van der Waals surface area (Å²) < 4.78 is 0. The van der Waals surface area contributed by atoms with E-state index in [0.717, 1.165) is 10.8 Å². The maximum atomic E-state index is 13.0. The van der Waals surface area contributed by atoms with Gasteiger partial charge in [0, 0.05) is 23.2 Å². The van der Waals surface area contributed by atoms with Crippen molar-refractivity contribution in [1.29, 1.82) is 0 Å². The standard InChI is InChI=1S/C21H17N7O2S/c1-28(20(30)16-7-3-5-13-9-24-27-18(13)16)21-25-14(11-31-21)10-22-19(29)15-6-2-4-12-8-23-26-17(12)15/h2-9,11H,10H2,1H3,(H,22,29)(H,23,26)(H,24,27). The van der Waals surface area contributed by atoms with Crippen LogP contribution in [0.2, 0.25) is 0 Å². The number of nitrogens with zero attached hydrogens (tertiary/aromatic N) is 4. The van der Waals surface area contributed by atoms with Crippen LogP contribution in [0.4, 0.5) is 5.13 Å². The van der Waals surface area contributed by atoms with Crippen molar-refractivity contribution in [3.63, 3.8) is 0 Å². The van der Waals surface area contributed by atoms with E-state index >= 15 is 0 Å². The Labute approximate surface area is 180 Å². The maximum absolute atomic E-state index is 13.0. The Morgan fingerprint density at radius 3 is 2.35 bits per heavy atom. The van der Waals surface area contributed by atoms with Crippen LogP contribution in [-0.2, 0) is 6.54 Å². The molecule has 0 saturated carbocycles. The molecule has 0 spiro atoms. The Morgan fingerprint density at radius 2 is 1.65 bits per heavy atom. The SMILES string of the molecule is CN(C(=O)c1cccc2cn[nH]c12)c1nc(CNC(=O)c2cccc3cn[nH]c23)cs1. The zero-order valence-electron chi connectivity index (χ0n) is 16.4. The number of aromatic nitrogens is 5. The van der Waals surface area contributed by atoms with Gasteiger partial charge in [-0.25, -0.2) is 4.98 Å². The summed E-state index contributed by atoms with van der Waals surface area (Å²) in [5.74, 6) is -0.412. The molecular weight excluding hydrogens is 414 g/mol. The van der Waals surface area contributed by atoms with Crippen molar-refractivity contribution in [3.8, 4) is 0 Å². The molecule has 0 aliphatic rings. The number of fused-ring (bicyclic) bond motifs is 2. The van der Waals surface area contributed by atoms with Gasteiger partial charge >= 0.3 is 0 Å². The predicted octanol–water partition coefficient (Wildman–Crippen LogP) is 3.10. The summed E-state index contributed by atoms with van der Waals surface area (Å²) in [5, 5.41) is 20.7. The Kier molecular flexibility index (Phi) is 4.68. The minimum Gasteiger partial charge on any atom is -0.346 e. The fraction of sp³-hybridized carbons (Fsp3) is 0.0952. The summed E-state index contributed by atoms with van der Waals surface area (Å²) >= 11 is 1.34. The molecule has 154 valence electrons. The number of rotatable bonds is 5. The summed E-state index contributed by atoms with van der Waals surface area (Å²) in [6.07, 6.45) is 3.36. The average molecular weight is 431 g/mol. The van der Waals surface area contributed by atoms with Gasteiger partial charge in [0.25, 0.3) is 11.8 Å². The lowest BCUT2D eigenvalue weighted by Gasteiger charge is -2.14. The minimum absolute atomic E-state index is 0.189. The summed E-state index contributed by atoms with van der Waals surface area (Å²) in [7, 11) is 1.68. The zero-order valence-corrected chi connectivity index (χ0v) is 17.2. The van der Waals surface area contributed by atoms with Gasteiger partial charge in [0.05, 0.1) is 46.8 Å². The number of aromatic amines is 2. The first-order valence-electron chi connectivity index (χ1n) is 9.46. The van der Waals surface area contributed by atoms with E-state index in [4.69, 9.17) is 0 Å². The third-order valence-corrected chi connectivity index (χ3v) is 5.96. The second kappa shape index (κ2) is 7.65. The molecule has 0 saturated heterocycles. The van der Waals surface area contributed by atoms with Crippen molar-refractivity contribution in [1.82, 2.24) is 30.7 Å². The molecule has 0 aliphatic heterocycles. The Morgan fingerprint density at radius 1 is 1.00 bits per heavy atom. The van der Waals surface area contributed by atoms with Gasteiger partial charge < -0.3 is 5.32 Å². The number of amides is 2. The lowest BCUT2D eigenvalue weighted by atomic mass is 10.1. The van der Waals surface area contributed by atoms with Crippen molar-refractivity contribution in [3.05, 3.63) is 71.0 Å². The Hall–Kier alpha value is -4.05. The molecule has 3 heterocycles. The van der Waals surface area contributed by atoms with Crippen LogP contribution in [0.1, 0.15) is 26.4 Å². The molecule has 0 radical (unpaired) electrons. The van der Waals surface area contributed by atoms with Crippen LogP contribution in [0.5, 0.6) is 0 Å². The molecule has 0 aliphatic carbocycles. The van der Waals surface area contributed by atoms with Gasteiger partial charge in [-0.3, -0.25) is 24.7 Å². The summed E-state index contributed by atoms with van der Waals surface area (Å²) in [6, 6.07) is 10.9. The highest BCUT2D eigenvalue weighted by molar-refractivity contribution is 7.14. The van der Waals surface area contributed by atoms with E-state index < -0.39 is 0 Å². The van der Waals surface area contributed by atoms with Crippen molar-refractivity contribution in [2.45, 2.75) is 6.54 Å². The van der Waals surface area contributed by atoms with E-state index in [0.29, 0.717) is 33.0 Å². The van der Waals surface area contributed by atoms with Crippen molar-refractivity contribution in [2.75, 3.05) is 11.9 Å². The first kappa shape index (κ1) is 18.9. The monoisotopic (exact) mass is 431 g/mol. The molecule has 0 atom stereocenters. The number of hydrogen-bond acceptors (Lipinski definition) is 6. The topological polar surface area (TPSA) is 120 Å². The lowest BCUT2D eigenvalue weighted by Crippen LogP contribution is -2.27. The molecule has 9 nitrogen and oxygen atoms in total. The molecule has 5 aromatic rings. The molecule has 0 fully saturated rings. The normalized spacial score (nSPS) is 11.1. The number of thiazole rings is 1. The molecule has 5 rings (SSSR count). The minimum atomic E-state index is -0.222. The fourth-order valence-corrected chi connectivity index (χ4v) is 4.16. The van der Waals surface area contributed by atoms with E-state index in [1.165, 1.54) is 16.2 Å². The van der Waals surface area contributed by atoms with Gasteiger partial charge in [-0.2, -0.15) is 10.2 Å². The number of hydrogen-bond donors (Lipinski definition) is 3. The van der Waals surface area contributed by atoms with E-state index in [2.05, 4.69) is 30.7 Å². The van der Waals surface area contributed by atoms with Crippen molar-refractivity contribution < 1.29 is 9.59 Å². The fourth-order valence-electron chi connectivity index (χ4n) is 3.37. The van der Waals surface area contributed by atoms with Gasteiger partial charge in [0.1, 0.15) is 0 Å². The predicted molar refractivity (Wildman–Crippen MR) is 118 cm³/mol. The number of anilines is 1. The van der Waals surface area contributed by atoms with Crippen LogP contribution in [0.3, 0.4) is 0 Å². The van der Waals surface area contributed by atoms with Crippen LogP contribution in [0.15, 0.2) is 54.2 Å². The highest BCUT2D eigenvalue weighted by Crippen LogP contribution is 2.24. The molecule has 10 heteroatoms. The second-order valence-corrected chi connectivity index (χ2v) is 7.78. The molecule has 31 heavy (non-hydrogen) atoms. The molecule has 2 amide bonds. The first-order valence-corrected chi connectivity index (χ1v) is 10.3. The summed E-state index contributed by atoms with van der Waals surface area (Å²) in [6.45, 7) is 0.248. The van der Waals surface area contributed by atoms with Gasteiger partial charge in [-0.15, -0.1) is 11.3 Å². The third-order valence-electron chi connectivity index (χ3n) is 4.99. The van der Waals surface area contributed by atoms with E-state index in [1.54, 1.807) is 31.6 Å². The zero-order chi connectivity index (χ0) is 21.4. The Balaban J connectivity index is 1.29. The van der Waals surface area contributed by atoms with Crippen molar-refractivity contribution in [2.24, 2.45) is 0 Å². The first-order chi connectivity index (χ1) is 15.1. The number of para-hydroxylation sites is 2. The highest BCUT2D eigenvalue weighted by atomic mass is 32.1. The Bertz CT molecular complexity index is 1420. The molecule has 0 unspecified atom stereocenters. The molecule has 3 N–H and O–H groups in total. The van der Waals surface area contributed by atoms with Crippen molar-refractivity contribution >= 4 is 50.1 Å². The lowest BCUT2D eigenvalue weighted by molar-refractivity contribution is 0.0950. The van der Waals surface area contributed by atoms with Crippen LogP contribution in [0.25, 0.3) is 21.8 Å². The molecular formula is C21H17N7O2S. The third kappa shape index (κ3) is 3.42. The van der Waals surface area contributed by atoms with Gasteiger partial charge in [-0.05, 0) is 12.1 Å². The van der Waals surface area contributed by atoms with E-state index in [9.17, 15) is 9.59 Å². The maximum Gasteiger partial charge on any atom is 0.261 e. The van der Waals surface area contributed by atoms with Crippen LogP contribution >= 0.6 is 11.3 Å². The van der Waals surface area contributed by atoms with Crippen LogP contribution in [0, 0.1) is 0 Å². The molecule has 2 aromatic carbocycles. The number of H-pyrrole nitrogens is 2. The smallest absolute Gasteiger partial charge is 0.261 e. The number of benzene rings is 2. The number of nitrogens with one attached hydrogen (secondary N) is 3. The van der Waals surface area contributed by atoms with Crippen LogP contribution in [-0.4, -0.2) is 44.2 Å². The van der Waals surface area contributed by atoms with Gasteiger partial charge in [0.2, 0.25) is 0 Å². The van der Waals surface area contributed by atoms with E-state index in [1.807, 2.05) is 29.6 Å². The van der Waals surface area contributed by atoms with Gasteiger partial charge in [-0.1, -0.05) is 24.3 Å². The van der Waals surface area contributed by atoms with Crippen LogP contribution < -0.4 is 10.2 Å². The summed E-state index contributed by atoms with van der Waals surface area (Å²) in [5.41, 5.74) is 3.10. The van der Waals surface area contributed by atoms with Gasteiger partial charge in [0.15, 0.2) is 5.13 Å². The second-order valence-electron chi connectivity index (χ2n) is 6.95. The molecule has 0 bridgehead atoms. The quantitative estimate of drug-likeness (QED) is 0.395. The number of carbonyl (C=O) groups excluding carboxylic acids is 2. The largest absolute Gasteiger partial charge is 0.346 e. The summed E-state index contributed by atoms with van der Waals surface area (Å²) in [4.78, 5) is 31.6. The molecule has 3 aromatic heterocycles. The average Bonchev–Trinajstić information content (AvgIpc) is 3.55. The highest BCUT2D eigenvalue weighted by Gasteiger charge is 2.20. The van der Waals surface area contributed by atoms with E-state index in [-0.39, 0.29) is 18.4 Å².